The summed E-state index contributed by atoms with van der Waals surface area (Å²) in [5.74, 6) is 0. The lowest BCUT2D eigenvalue weighted by Gasteiger charge is -1.94. The minimum absolute atomic E-state index is 0.658. The molecule has 3 heteroatoms. The predicted molar refractivity (Wildman–Crippen MR) is 52.0 cm³/mol. The second-order valence-corrected chi connectivity index (χ2v) is 2.25. The van der Waals surface area contributed by atoms with Gasteiger partial charge < -0.3 is 5.73 Å². The third-order valence-corrected chi connectivity index (χ3v) is 1.45. The van der Waals surface area contributed by atoms with Gasteiger partial charge in [-0.15, -0.1) is 0 Å². The number of hydrogen-bond acceptors (Lipinski definition) is 2. The Morgan fingerprint density at radius 2 is 2.17 bits per heavy atom. The number of nitrogens with two attached hydrogens (primary N) is 1. The van der Waals surface area contributed by atoms with Crippen molar-refractivity contribution in [2.24, 2.45) is 5.73 Å². The summed E-state index contributed by atoms with van der Waals surface area (Å²) >= 11 is 0. The van der Waals surface area contributed by atoms with Crippen LogP contribution in [0.25, 0.3) is 0 Å². The number of aryl methyl sites for hydroxylation is 1. The maximum Gasteiger partial charge on any atom is 0.0531 e. The molecule has 0 amide bonds. The lowest BCUT2D eigenvalue weighted by Crippen LogP contribution is -2.09. The highest BCUT2D eigenvalue weighted by Gasteiger charge is 1.92. The summed E-state index contributed by atoms with van der Waals surface area (Å²) in [6.45, 7) is 7.59. The third kappa shape index (κ3) is 3.53. The van der Waals surface area contributed by atoms with Crippen LogP contribution in [0.5, 0.6) is 0 Å². The first-order valence-electron chi connectivity index (χ1n) is 4.58. The molecule has 12 heavy (non-hydrogen) atoms. The first-order valence-corrected chi connectivity index (χ1v) is 4.58. The molecule has 0 radical (unpaired) electrons. The summed E-state index contributed by atoms with van der Waals surface area (Å²) in [6, 6.07) is 0. The van der Waals surface area contributed by atoms with Crippen LogP contribution in [0, 0.1) is 0 Å². The average molecular weight is 169 g/mol. The monoisotopic (exact) mass is 169 g/mol. The van der Waals surface area contributed by atoms with Crippen molar-refractivity contribution in [2.45, 2.75) is 33.7 Å². The van der Waals surface area contributed by atoms with Gasteiger partial charge in [0.25, 0.3) is 0 Å². The van der Waals surface area contributed by atoms with Gasteiger partial charge in [-0.25, -0.2) is 0 Å². The predicted octanol–water partition coefficient (Wildman–Crippen LogP) is 1.43. The first kappa shape index (κ1) is 11.2. The Kier molecular flexibility index (Phi) is 6.38. The van der Waals surface area contributed by atoms with Gasteiger partial charge in [-0.05, 0) is 12.0 Å². The van der Waals surface area contributed by atoms with Gasteiger partial charge in [0, 0.05) is 12.7 Å². The molecule has 0 aliphatic heterocycles. The van der Waals surface area contributed by atoms with Gasteiger partial charge in [0.2, 0.25) is 0 Å². The van der Waals surface area contributed by atoms with E-state index in [0.717, 1.165) is 13.0 Å². The second kappa shape index (κ2) is 6.85. The van der Waals surface area contributed by atoms with Crippen LogP contribution in [0.15, 0.2) is 12.4 Å². The van der Waals surface area contributed by atoms with Crippen LogP contribution in [-0.2, 0) is 13.0 Å². The quantitative estimate of drug-likeness (QED) is 0.744. The molecule has 70 valence electrons. The van der Waals surface area contributed by atoms with Gasteiger partial charge in [0.15, 0.2) is 0 Å². The zero-order valence-corrected chi connectivity index (χ0v) is 8.25. The zero-order chi connectivity index (χ0) is 9.40. The van der Waals surface area contributed by atoms with E-state index in [1.807, 2.05) is 30.9 Å². The number of aromatic nitrogens is 2. The van der Waals surface area contributed by atoms with Crippen LogP contribution in [0.2, 0.25) is 0 Å². The molecule has 2 N–H and O–H groups in total. The van der Waals surface area contributed by atoms with Crippen molar-refractivity contribution < 1.29 is 0 Å². The topological polar surface area (TPSA) is 43.8 Å². The maximum absolute atomic E-state index is 5.35. The Morgan fingerprint density at radius 3 is 2.58 bits per heavy atom. The summed E-state index contributed by atoms with van der Waals surface area (Å²) in [5, 5.41) is 4.11. The average Bonchev–Trinajstić information content (AvgIpc) is 2.57. The van der Waals surface area contributed by atoms with Crippen LogP contribution < -0.4 is 5.73 Å². The molecule has 0 saturated heterocycles. The molecule has 1 aromatic rings. The van der Waals surface area contributed by atoms with E-state index >= 15 is 0 Å². The fourth-order valence-electron chi connectivity index (χ4n) is 0.844. The smallest absolute Gasteiger partial charge is 0.0531 e. The minimum Gasteiger partial charge on any atom is -0.329 e. The fourth-order valence-corrected chi connectivity index (χ4v) is 0.844. The molecule has 0 fully saturated rings. The van der Waals surface area contributed by atoms with Crippen molar-refractivity contribution in [1.82, 2.24) is 9.78 Å². The summed E-state index contributed by atoms with van der Waals surface area (Å²) in [4.78, 5) is 0. The van der Waals surface area contributed by atoms with Crippen LogP contribution in [-0.4, -0.2) is 16.3 Å². The molecule has 0 aliphatic carbocycles. The maximum atomic E-state index is 5.35. The van der Waals surface area contributed by atoms with E-state index in [1.54, 1.807) is 0 Å². The van der Waals surface area contributed by atoms with Crippen molar-refractivity contribution in [3.05, 3.63) is 18.0 Å². The van der Waals surface area contributed by atoms with Crippen LogP contribution >= 0.6 is 0 Å². The molecule has 0 spiro atoms. The molecule has 0 unspecified atom stereocenters. The van der Waals surface area contributed by atoms with Crippen LogP contribution in [0.3, 0.4) is 0 Å². The minimum atomic E-state index is 0.658. The van der Waals surface area contributed by atoms with Gasteiger partial charge in [-0.3, -0.25) is 4.68 Å². The van der Waals surface area contributed by atoms with Crippen LogP contribution in [0.1, 0.15) is 26.3 Å². The van der Waals surface area contributed by atoms with E-state index in [-0.39, 0.29) is 0 Å². The molecule has 0 bridgehead atoms. The summed E-state index contributed by atoms with van der Waals surface area (Å²) in [7, 11) is 0. The van der Waals surface area contributed by atoms with Crippen molar-refractivity contribution in [3.8, 4) is 0 Å². The molecule has 0 atom stereocenters. The van der Waals surface area contributed by atoms with E-state index in [2.05, 4.69) is 12.0 Å². The van der Waals surface area contributed by atoms with E-state index in [0.29, 0.717) is 6.54 Å². The molecule has 1 heterocycles. The largest absolute Gasteiger partial charge is 0.329 e. The van der Waals surface area contributed by atoms with Crippen molar-refractivity contribution >= 4 is 0 Å². The Morgan fingerprint density at radius 1 is 1.50 bits per heavy atom. The van der Waals surface area contributed by atoms with Crippen molar-refractivity contribution in [3.63, 3.8) is 0 Å². The molecule has 0 aliphatic rings. The summed E-state index contributed by atoms with van der Waals surface area (Å²) in [6.07, 6.45) is 4.97. The Balaban J connectivity index is 0.000000561. The fraction of sp³-hybridized carbons (Fsp3) is 0.667. The van der Waals surface area contributed by atoms with Crippen molar-refractivity contribution in [2.75, 3.05) is 6.54 Å². The van der Waals surface area contributed by atoms with E-state index in [4.69, 9.17) is 5.73 Å². The number of rotatable bonds is 3. The van der Waals surface area contributed by atoms with E-state index in [9.17, 15) is 0 Å². The molecule has 3 nitrogen and oxygen atoms in total. The third-order valence-electron chi connectivity index (χ3n) is 1.45. The zero-order valence-electron chi connectivity index (χ0n) is 8.25. The number of hydrogen-bond donors (Lipinski definition) is 1. The van der Waals surface area contributed by atoms with Gasteiger partial charge in [-0.2, -0.15) is 5.10 Å². The highest BCUT2D eigenvalue weighted by molar-refractivity contribution is 5.02. The highest BCUT2D eigenvalue weighted by atomic mass is 15.3. The normalized spacial score (nSPS) is 9.00. The standard InChI is InChI=1S/C7H13N3.C2H6/c1-2-7-5-9-10(6-7)4-3-8;1-2/h5-6H,2-4,8H2,1H3;1-2H3. The lowest BCUT2D eigenvalue weighted by molar-refractivity contribution is 0.624. The molecular weight excluding hydrogens is 150 g/mol. The SMILES string of the molecule is CC.CCc1cnn(CCN)c1. The van der Waals surface area contributed by atoms with E-state index in [1.165, 1.54) is 5.56 Å². The molecule has 1 aromatic heterocycles. The summed E-state index contributed by atoms with van der Waals surface area (Å²) in [5.41, 5.74) is 6.62. The molecule has 0 saturated carbocycles. The Labute approximate surface area is 74.6 Å². The van der Waals surface area contributed by atoms with Gasteiger partial charge >= 0.3 is 0 Å². The molecular formula is C9H19N3. The molecule has 0 aromatic carbocycles. The van der Waals surface area contributed by atoms with Gasteiger partial charge in [0.05, 0.1) is 12.7 Å². The first-order chi connectivity index (χ1) is 5.86. The van der Waals surface area contributed by atoms with Gasteiger partial charge in [-0.1, -0.05) is 20.8 Å². The Bertz CT molecular complexity index is 193. The van der Waals surface area contributed by atoms with Crippen LogP contribution in [0.4, 0.5) is 0 Å². The lowest BCUT2D eigenvalue weighted by atomic mass is 10.3. The second-order valence-electron chi connectivity index (χ2n) is 2.25. The number of nitrogens with zero attached hydrogens (tertiary/aromatic N) is 2. The van der Waals surface area contributed by atoms with Crippen molar-refractivity contribution in [1.29, 1.82) is 0 Å². The molecule has 1 rings (SSSR count). The van der Waals surface area contributed by atoms with Gasteiger partial charge in [0.1, 0.15) is 0 Å². The Hall–Kier alpha value is -0.830. The highest BCUT2D eigenvalue weighted by Crippen LogP contribution is 1.96. The summed E-state index contributed by atoms with van der Waals surface area (Å²) < 4.78 is 1.87. The van der Waals surface area contributed by atoms with E-state index < -0.39 is 0 Å².